The number of tetrazole rings is 1. The molecule has 2 aliphatic rings. The zero-order valence-corrected chi connectivity index (χ0v) is 22.3. The van der Waals surface area contributed by atoms with Gasteiger partial charge in [-0.2, -0.15) is 0 Å². The molecule has 0 unspecified atom stereocenters. The van der Waals surface area contributed by atoms with E-state index in [0.29, 0.717) is 5.56 Å². The first-order valence-corrected chi connectivity index (χ1v) is 13.7. The van der Waals surface area contributed by atoms with Gasteiger partial charge in [0, 0.05) is 53.4 Å². The summed E-state index contributed by atoms with van der Waals surface area (Å²) in [6, 6.07) is 15.5. The maximum atomic E-state index is 13.6. The van der Waals surface area contributed by atoms with Crippen molar-refractivity contribution in [2.24, 2.45) is 0 Å². The van der Waals surface area contributed by atoms with Gasteiger partial charge < -0.3 is 14.6 Å². The van der Waals surface area contributed by atoms with Gasteiger partial charge >= 0.3 is 0 Å². The molecule has 0 amide bonds. The first-order valence-electron chi connectivity index (χ1n) is 13.3. The van der Waals surface area contributed by atoms with Crippen molar-refractivity contribution < 1.29 is 4.74 Å². The van der Waals surface area contributed by atoms with Crippen molar-refractivity contribution in [2.75, 3.05) is 38.2 Å². The molecule has 1 saturated carbocycles. The van der Waals surface area contributed by atoms with Gasteiger partial charge in [-0.1, -0.05) is 36.9 Å². The predicted molar refractivity (Wildman–Crippen MR) is 148 cm³/mol. The molecule has 1 saturated heterocycles. The van der Waals surface area contributed by atoms with Crippen LogP contribution in [-0.2, 0) is 0 Å². The van der Waals surface area contributed by atoms with E-state index in [0.717, 1.165) is 72.2 Å². The molecule has 1 aliphatic heterocycles. The van der Waals surface area contributed by atoms with Crippen molar-refractivity contribution in [3.8, 4) is 5.75 Å². The molecule has 2 fully saturated rings. The van der Waals surface area contributed by atoms with Crippen LogP contribution < -0.4 is 15.2 Å². The van der Waals surface area contributed by atoms with Crippen LogP contribution in [0.1, 0.15) is 55.6 Å². The molecule has 2 aromatic carbocycles. The van der Waals surface area contributed by atoms with E-state index in [4.69, 9.17) is 16.3 Å². The number of halogens is 1. The van der Waals surface area contributed by atoms with Gasteiger partial charge in [0.15, 0.2) is 5.82 Å². The fourth-order valence-electron chi connectivity index (χ4n) is 5.91. The van der Waals surface area contributed by atoms with Gasteiger partial charge in [-0.25, -0.2) is 4.68 Å². The van der Waals surface area contributed by atoms with E-state index in [1.54, 1.807) is 7.11 Å². The minimum atomic E-state index is -0.368. The molecule has 6 rings (SSSR count). The summed E-state index contributed by atoms with van der Waals surface area (Å²) in [5.41, 5.74) is 2.41. The maximum absolute atomic E-state index is 13.6. The number of nitrogens with one attached hydrogen (secondary N) is 1. The number of benzene rings is 2. The van der Waals surface area contributed by atoms with E-state index >= 15 is 0 Å². The summed E-state index contributed by atoms with van der Waals surface area (Å²) in [6.07, 6.45) is 5.69. The summed E-state index contributed by atoms with van der Waals surface area (Å²) in [4.78, 5) is 21.3. The number of pyridine rings is 1. The number of anilines is 1. The van der Waals surface area contributed by atoms with E-state index in [9.17, 15) is 4.79 Å². The molecule has 1 N–H and O–H groups in total. The first-order chi connectivity index (χ1) is 18.6. The zero-order chi connectivity index (χ0) is 26.1. The van der Waals surface area contributed by atoms with Crippen molar-refractivity contribution in [3.63, 3.8) is 0 Å². The molecule has 0 spiro atoms. The number of aromatic nitrogens is 5. The number of rotatable bonds is 6. The van der Waals surface area contributed by atoms with Crippen molar-refractivity contribution in [2.45, 2.75) is 44.2 Å². The van der Waals surface area contributed by atoms with Gasteiger partial charge in [0.25, 0.3) is 5.56 Å². The predicted octanol–water partition coefficient (Wildman–Crippen LogP) is 4.59. The van der Waals surface area contributed by atoms with Crippen LogP contribution in [0.2, 0.25) is 5.02 Å². The fraction of sp³-hybridized carbons (Fsp3) is 0.429. The highest BCUT2D eigenvalue weighted by Gasteiger charge is 2.34. The number of H-pyrrole nitrogens is 1. The third-order valence-corrected chi connectivity index (χ3v) is 8.15. The SMILES string of the molecule is COc1ccc2[nH]c(=O)c([C@H](c3nnnn3C3CCCCC3)N3CCN(c4cccc(Cl)c4)CC3)cc2c1. The third kappa shape index (κ3) is 4.88. The number of aromatic amines is 1. The molecule has 2 aromatic heterocycles. The molecular formula is C28H32ClN7O2. The van der Waals surface area contributed by atoms with E-state index in [1.807, 2.05) is 47.1 Å². The monoisotopic (exact) mass is 533 g/mol. The van der Waals surface area contributed by atoms with Gasteiger partial charge in [-0.05, 0) is 65.7 Å². The quantitative estimate of drug-likeness (QED) is 0.387. The second kappa shape index (κ2) is 10.7. The molecule has 198 valence electrons. The van der Waals surface area contributed by atoms with Crippen LogP contribution in [0.5, 0.6) is 5.75 Å². The highest BCUT2D eigenvalue weighted by atomic mass is 35.5. The van der Waals surface area contributed by atoms with Crippen LogP contribution in [0, 0.1) is 0 Å². The van der Waals surface area contributed by atoms with Crippen LogP contribution in [0.4, 0.5) is 5.69 Å². The van der Waals surface area contributed by atoms with Crippen molar-refractivity contribution in [1.29, 1.82) is 0 Å². The Hall–Kier alpha value is -3.43. The standard InChI is InChI=1S/C28H32ClN7O2/c1-38-23-10-11-25-19(16-23)17-24(28(37)30-25)26(27-31-32-33-36(27)21-7-3-2-4-8-21)35-14-12-34(13-15-35)22-9-5-6-20(29)18-22/h5-6,9-11,16-18,21,26H,2-4,7-8,12-15H2,1H3,(H,30,37)/t26-/m1/s1. The summed E-state index contributed by atoms with van der Waals surface area (Å²) in [5, 5.41) is 14.7. The Kier molecular flexibility index (Phi) is 7.04. The molecule has 10 heteroatoms. The highest BCUT2D eigenvalue weighted by Crippen LogP contribution is 2.34. The molecule has 4 aromatic rings. The molecule has 38 heavy (non-hydrogen) atoms. The number of piperazine rings is 1. The van der Waals surface area contributed by atoms with E-state index < -0.39 is 0 Å². The molecule has 1 aliphatic carbocycles. The number of hydrogen-bond donors (Lipinski definition) is 1. The molecular weight excluding hydrogens is 502 g/mol. The fourth-order valence-corrected chi connectivity index (χ4v) is 6.09. The number of nitrogens with zero attached hydrogens (tertiary/aromatic N) is 6. The lowest BCUT2D eigenvalue weighted by atomic mass is 9.95. The topological polar surface area (TPSA) is 92.2 Å². The summed E-state index contributed by atoms with van der Waals surface area (Å²) < 4.78 is 7.44. The van der Waals surface area contributed by atoms with Crippen LogP contribution in [0.3, 0.4) is 0 Å². The van der Waals surface area contributed by atoms with Crippen LogP contribution >= 0.6 is 11.6 Å². The van der Waals surface area contributed by atoms with Crippen molar-refractivity contribution >= 4 is 28.2 Å². The number of methoxy groups -OCH3 is 1. The normalized spacial score (nSPS) is 18.1. The molecule has 9 nitrogen and oxygen atoms in total. The Morgan fingerprint density at radius 3 is 2.61 bits per heavy atom. The lowest BCUT2D eigenvalue weighted by Gasteiger charge is -2.40. The number of ether oxygens (including phenoxy) is 1. The van der Waals surface area contributed by atoms with Crippen molar-refractivity contribution in [1.82, 2.24) is 30.1 Å². The summed E-state index contributed by atoms with van der Waals surface area (Å²) in [6.45, 7) is 3.12. The average molecular weight is 534 g/mol. The van der Waals surface area contributed by atoms with Crippen LogP contribution in [0.15, 0.2) is 53.3 Å². The molecule has 1 atom stereocenters. The Morgan fingerprint density at radius 1 is 1.03 bits per heavy atom. The molecule has 0 radical (unpaired) electrons. The molecule has 0 bridgehead atoms. The Balaban J connectivity index is 1.39. The number of hydrogen-bond acceptors (Lipinski definition) is 7. The third-order valence-electron chi connectivity index (χ3n) is 7.91. The van der Waals surface area contributed by atoms with E-state index in [1.165, 1.54) is 19.3 Å². The van der Waals surface area contributed by atoms with Gasteiger partial charge in [0.1, 0.15) is 11.8 Å². The minimum Gasteiger partial charge on any atom is -0.497 e. The Labute approximate surface area is 226 Å². The lowest BCUT2D eigenvalue weighted by molar-refractivity contribution is 0.192. The zero-order valence-electron chi connectivity index (χ0n) is 21.5. The summed E-state index contributed by atoms with van der Waals surface area (Å²) >= 11 is 6.26. The second-order valence-corrected chi connectivity index (χ2v) is 10.6. The minimum absolute atomic E-state index is 0.122. The summed E-state index contributed by atoms with van der Waals surface area (Å²) in [5.74, 6) is 1.48. The first kappa shape index (κ1) is 24.9. The highest BCUT2D eigenvalue weighted by molar-refractivity contribution is 6.30. The van der Waals surface area contributed by atoms with Gasteiger partial charge in [-0.15, -0.1) is 5.10 Å². The Bertz CT molecular complexity index is 1470. The van der Waals surface area contributed by atoms with Crippen LogP contribution in [-0.4, -0.2) is 63.4 Å². The number of fused-ring (bicyclic) bond motifs is 1. The van der Waals surface area contributed by atoms with Gasteiger partial charge in [-0.3, -0.25) is 9.69 Å². The van der Waals surface area contributed by atoms with Crippen molar-refractivity contribution in [3.05, 3.63) is 75.3 Å². The smallest absolute Gasteiger partial charge is 0.253 e. The van der Waals surface area contributed by atoms with E-state index in [-0.39, 0.29) is 17.6 Å². The average Bonchev–Trinajstić information content (AvgIpc) is 3.43. The van der Waals surface area contributed by atoms with E-state index in [2.05, 4.69) is 36.4 Å². The van der Waals surface area contributed by atoms with Gasteiger partial charge in [0.05, 0.1) is 13.2 Å². The van der Waals surface area contributed by atoms with Crippen LogP contribution in [0.25, 0.3) is 10.9 Å². The Morgan fingerprint density at radius 2 is 1.84 bits per heavy atom. The lowest BCUT2D eigenvalue weighted by Crippen LogP contribution is -2.49. The largest absolute Gasteiger partial charge is 0.497 e. The van der Waals surface area contributed by atoms with Gasteiger partial charge in [0.2, 0.25) is 0 Å². The maximum Gasteiger partial charge on any atom is 0.253 e. The second-order valence-electron chi connectivity index (χ2n) is 10.2. The molecule has 3 heterocycles. The summed E-state index contributed by atoms with van der Waals surface area (Å²) in [7, 11) is 1.65.